The topological polar surface area (TPSA) is 101 Å². The first-order chi connectivity index (χ1) is 15.1. The van der Waals surface area contributed by atoms with E-state index >= 15 is 0 Å². The van der Waals surface area contributed by atoms with E-state index in [1.54, 1.807) is 5.32 Å². The van der Waals surface area contributed by atoms with Crippen molar-refractivity contribution < 1.29 is 22.8 Å². The van der Waals surface area contributed by atoms with E-state index < -0.39 is 29.6 Å². The molecule has 1 aliphatic heterocycles. The molecule has 0 aliphatic carbocycles. The summed E-state index contributed by atoms with van der Waals surface area (Å²) in [5.74, 6) is -0.757. The van der Waals surface area contributed by atoms with Crippen LogP contribution in [0.4, 0.5) is 24.9 Å². The summed E-state index contributed by atoms with van der Waals surface area (Å²) in [6, 6.07) is 6.45. The lowest BCUT2D eigenvalue weighted by atomic mass is 10.1. The van der Waals surface area contributed by atoms with Crippen molar-refractivity contribution in [1.82, 2.24) is 19.9 Å². The summed E-state index contributed by atoms with van der Waals surface area (Å²) in [6.07, 6.45) is -0.118. The molecule has 8 nitrogen and oxygen atoms in total. The van der Waals surface area contributed by atoms with Gasteiger partial charge in [0.15, 0.2) is 0 Å². The Labute approximate surface area is 188 Å². The number of nitrogens with one attached hydrogen (secondary N) is 3. The number of carbonyl (C=O) groups is 2. The molecular formula is C19H11Cl2F3N6O2. The molecule has 2 aromatic heterocycles. The van der Waals surface area contributed by atoms with Gasteiger partial charge in [0.25, 0.3) is 17.5 Å². The van der Waals surface area contributed by atoms with Gasteiger partial charge in [0.1, 0.15) is 11.5 Å². The van der Waals surface area contributed by atoms with E-state index in [0.29, 0.717) is 4.57 Å². The van der Waals surface area contributed by atoms with Crippen LogP contribution in [-0.4, -0.2) is 39.1 Å². The third-order valence-corrected chi connectivity index (χ3v) is 5.37. The Bertz CT molecular complexity index is 1320. The molecule has 164 valence electrons. The number of halogens is 5. The average molecular weight is 483 g/mol. The number of pyridine rings is 1. The van der Waals surface area contributed by atoms with Crippen molar-refractivity contribution in [2.45, 2.75) is 11.8 Å². The monoisotopic (exact) mass is 482 g/mol. The number of benzene rings is 1. The lowest BCUT2D eigenvalue weighted by molar-refractivity contribution is -0.213. The molecule has 3 N–H and O–H groups in total. The van der Waals surface area contributed by atoms with Crippen molar-refractivity contribution in [3.05, 3.63) is 46.1 Å². The Morgan fingerprint density at radius 1 is 1.25 bits per heavy atom. The molecule has 2 amide bonds. The first-order valence-electron chi connectivity index (χ1n) is 8.81. The van der Waals surface area contributed by atoms with E-state index in [0.717, 1.165) is 6.07 Å². The summed E-state index contributed by atoms with van der Waals surface area (Å²) in [7, 11) is 0. The maximum atomic E-state index is 14.4. The number of alkyl halides is 3. The second-order valence-corrected chi connectivity index (χ2v) is 7.42. The third-order valence-electron chi connectivity index (χ3n) is 4.64. The number of nitrogens with zero attached hydrogens (tertiary/aromatic N) is 3. The largest absolute Gasteiger partial charge is 0.440 e. The fraction of sp³-hybridized carbons (Fsp3) is 0.158. The molecule has 3 heterocycles. The minimum atomic E-state index is -5.27. The van der Waals surface area contributed by atoms with E-state index in [1.807, 2.05) is 0 Å². The van der Waals surface area contributed by atoms with E-state index in [4.69, 9.17) is 29.6 Å². The zero-order chi connectivity index (χ0) is 23.3. The van der Waals surface area contributed by atoms with Crippen LogP contribution in [0.15, 0.2) is 30.3 Å². The Hall–Kier alpha value is -3.49. The molecule has 32 heavy (non-hydrogen) atoms. The Morgan fingerprint density at radius 3 is 2.66 bits per heavy atom. The number of fused-ring (bicyclic) bond motifs is 3. The van der Waals surface area contributed by atoms with Gasteiger partial charge in [0.05, 0.1) is 27.6 Å². The normalized spacial score (nSPS) is 17.6. The molecule has 0 bridgehead atoms. The van der Waals surface area contributed by atoms with Gasteiger partial charge < -0.3 is 10.6 Å². The van der Waals surface area contributed by atoms with Crippen molar-refractivity contribution in [3.63, 3.8) is 0 Å². The predicted molar refractivity (Wildman–Crippen MR) is 111 cm³/mol. The molecule has 1 atom stereocenters. The van der Waals surface area contributed by atoms with Gasteiger partial charge in [0.2, 0.25) is 5.95 Å². The predicted octanol–water partition coefficient (Wildman–Crippen LogP) is 3.38. The van der Waals surface area contributed by atoms with Crippen LogP contribution < -0.4 is 16.0 Å². The van der Waals surface area contributed by atoms with Gasteiger partial charge in [-0.1, -0.05) is 35.2 Å². The lowest BCUT2D eigenvalue weighted by Crippen LogP contribution is -2.63. The standard InChI is InChI=1S/C19H11Cl2F3N6O2/c1-2-6-25-14-5-3-4-11(26-14)15(31)29-18(19(22,23)24)16(32)28-17-27-12-7-9(20)10(21)8-13(12)30(17)18/h1,3-5,7-8H,6H2,(H,25,26)(H,29,31)(H,27,28,32). The number of rotatable bonds is 4. The number of carbonyl (C=O) groups excluding carboxylic acids is 2. The number of anilines is 2. The number of terminal acetylenes is 1. The second kappa shape index (κ2) is 7.58. The van der Waals surface area contributed by atoms with Crippen LogP contribution in [0.25, 0.3) is 11.0 Å². The van der Waals surface area contributed by atoms with Crippen LogP contribution in [0.2, 0.25) is 10.0 Å². The molecule has 0 saturated carbocycles. The minimum Gasteiger partial charge on any atom is -0.359 e. The van der Waals surface area contributed by atoms with E-state index in [9.17, 15) is 22.8 Å². The zero-order valence-electron chi connectivity index (χ0n) is 15.7. The van der Waals surface area contributed by atoms with Crippen molar-refractivity contribution in [3.8, 4) is 12.3 Å². The SMILES string of the molecule is C#CCNc1cccc(C(=O)NC2(C(F)(F)F)C(=O)Nc3nc4cc(Cl)c(Cl)cc4n32)n1. The van der Waals surface area contributed by atoms with Gasteiger partial charge >= 0.3 is 6.18 Å². The smallest absolute Gasteiger partial charge is 0.359 e. The highest BCUT2D eigenvalue weighted by atomic mass is 35.5. The fourth-order valence-electron chi connectivity index (χ4n) is 3.26. The first kappa shape index (κ1) is 21.7. The molecular weight excluding hydrogens is 472 g/mol. The average Bonchev–Trinajstić information content (AvgIpc) is 3.20. The van der Waals surface area contributed by atoms with E-state index in [1.165, 1.54) is 24.3 Å². The Balaban J connectivity index is 1.84. The van der Waals surface area contributed by atoms with Crippen LogP contribution in [0.3, 0.4) is 0 Å². The maximum absolute atomic E-state index is 14.4. The van der Waals surface area contributed by atoms with Gasteiger partial charge in [-0.2, -0.15) is 13.2 Å². The zero-order valence-corrected chi connectivity index (χ0v) is 17.2. The van der Waals surface area contributed by atoms with E-state index in [2.05, 4.69) is 26.5 Å². The number of aromatic nitrogens is 3. The van der Waals surface area contributed by atoms with Crippen molar-refractivity contribution in [2.75, 3.05) is 17.2 Å². The quantitative estimate of drug-likeness (QED) is 0.495. The van der Waals surface area contributed by atoms with Crippen LogP contribution in [0.5, 0.6) is 0 Å². The van der Waals surface area contributed by atoms with Gasteiger partial charge in [-0.3, -0.25) is 19.5 Å². The molecule has 1 aliphatic rings. The van der Waals surface area contributed by atoms with Gasteiger partial charge in [-0.05, 0) is 24.3 Å². The number of hydrogen-bond donors (Lipinski definition) is 3. The van der Waals surface area contributed by atoms with Gasteiger partial charge in [-0.25, -0.2) is 9.97 Å². The second-order valence-electron chi connectivity index (χ2n) is 6.61. The summed E-state index contributed by atoms with van der Waals surface area (Å²) >= 11 is 11.9. The van der Waals surface area contributed by atoms with Crippen molar-refractivity contribution in [1.29, 1.82) is 0 Å². The molecule has 13 heteroatoms. The molecule has 3 aromatic rings. The first-order valence-corrected chi connectivity index (χ1v) is 9.57. The van der Waals surface area contributed by atoms with E-state index in [-0.39, 0.29) is 39.1 Å². The summed E-state index contributed by atoms with van der Waals surface area (Å²) in [5.41, 5.74) is -4.00. The molecule has 0 fully saturated rings. The highest BCUT2D eigenvalue weighted by Crippen LogP contribution is 2.45. The highest BCUT2D eigenvalue weighted by Gasteiger charge is 2.67. The molecule has 0 spiro atoms. The highest BCUT2D eigenvalue weighted by molar-refractivity contribution is 6.42. The fourth-order valence-corrected chi connectivity index (χ4v) is 3.57. The molecule has 0 radical (unpaired) electrons. The summed E-state index contributed by atoms with van der Waals surface area (Å²) < 4.78 is 43.8. The van der Waals surface area contributed by atoms with Crippen molar-refractivity contribution in [2.24, 2.45) is 0 Å². The molecule has 1 unspecified atom stereocenters. The summed E-state index contributed by atoms with van der Waals surface area (Å²) in [5, 5.41) is 6.56. The Kier molecular flexibility index (Phi) is 5.15. The maximum Gasteiger partial charge on any atom is 0.440 e. The van der Waals surface area contributed by atoms with Gasteiger partial charge in [0, 0.05) is 0 Å². The summed E-state index contributed by atoms with van der Waals surface area (Å²) in [4.78, 5) is 33.3. The van der Waals surface area contributed by atoms with Gasteiger partial charge in [-0.15, -0.1) is 6.42 Å². The summed E-state index contributed by atoms with van der Waals surface area (Å²) in [6.45, 7) is 0.0840. The molecule has 0 saturated heterocycles. The molecule has 1 aromatic carbocycles. The minimum absolute atomic E-state index is 0.0379. The molecule has 4 rings (SSSR count). The number of hydrogen-bond acceptors (Lipinski definition) is 5. The third kappa shape index (κ3) is 3.28. The Morgan fingerprint density at radius 2 is 1.97 bits per heavy atom. The van der Waals surface area contributed by atoms with Crippen molar-refractivity contribution >= 4 is 57.8 Å². The van der Waals surface area contributed by atoms with Crippen LogP contribution in [0, 0.1) is 12.3 Å². The van der Waals surface area contributed by atoms with Crippen LogP contribution in [0.1, 0.15) is 10.5 Å². The number of amides is 2. The lowest BCUT2D eigenvalue weighted by Gasteiger charge is -2.31. The number of imidazole rings is 1. The van der Waals surface area contributed by atoms with Crippen LogP contribution >= 0.6 is 23.2 Å². The van der Waals surface area contributed by atoms with Crippen LogP contribution in [-0.2, 0) is 10.5 Å².